The number of hydrogen-bond donors (Lipinski definition) is 0. The number of carbonyl (C=O) groups excluding carboxylic acids is 1. The van der Waals surface area contributed by atoms with Crippen LogP contribution in [-0.2, 0) is 4.74 Å². The van der Waals surface area contributed by atoms with Gasteiger partial charge in [0.2, 0.25) is 0 Å². The standard InChI is InChI=1S/C18H18O3/c19-17-16-14-8-4-3-7-13(14)9-10-15(16)20-18(21-17)11-5-1-2-6-12-18/h3-4,7-10H,1-2,5-6,11-12H2. The molecule has 0 N–H and O–H groups in total. The van der Waals surface area contributed by atoms with Crippen LogP contribution in [0.1, 0.15) is 48.9 Å². The number of hydrogen-bond acceptors (Lipinski definition) is 3. The maximum absolute atomic E-state index is 12.6. The third kappa shape index (κ3) is 2.08. The smallest absolute Gasteiger partial charge is 0.345 e. The van der Waals surface area contributed by atoms with Crippen molar-refractivity contribution in [1.82, 2.24) is 0 Å². The van der Waals surface area contributed by atoms with Crippen molar-refractivity contribution < 1.29 is 14.3 Å². The molecule has 0 radical (unpaired) electrons. The largest absolute Gasteiger partial charge is 0.451 e. The molecular formula is C18H18O3. The summed E-state index contributed by atoms with van der Waals surface area (Å²) in [4.78, 5) is 12.6. The molecular weight excluding hydrogens is 264 g/mol. The van der Waals surface area contributed by atoms with Crippen LogP contribution in [0.4, 0.5) is 0 Å². The normalized spacial score (nSPS) is 20.5. The van der Waals surface area contributed by atoms with Crippen molar-refractivity contribution in [3.8, 4) is 5.75 Å². The molecule has 1 aliphatic carbocycles. The summed E-state index contributed by atoms with van der Waals surface area (Å²) in [6.45, 7) is 0. The Morgan fingerprint density at radius 3 is 2.43 bits per heavy atom. The van der Waals surface area contributed by atoms with Crippen LogP contribution in [0, 0.1) is 0 Å². The number of esters is 1. The second-order valence-corrected chi connectivity index (χ2v) is 5.98. The lowest BCUT2D eigenvalue weighted by Gasteiger charge is -2.37. The topological polar surface area (TPSA) is 35.5 Å². The molecule has 108 valence electrons. The Morgan fingerprint density at radius 2 is 1.62 bits per heavy atom. The molecule has 0 aromatic heterocycles. The van der Waals surface area contributed by atoms with E-state index in [0.717, 1.165) is 36.5 Å². The minimum Gasteiger partial charge on any atom is -0.451 e. The van der Waals surface area contributed by atoms with E-state index >= 15 is 0 Å². The summed E-state index contributed by atoms with van der Waals surface area (Å²) in [5, 5.41) is 1.94. The van der Waals surface area contributed by atoms with Crippen molar-refractivity contribution in [2.24, 2.45) is 0 Å². The molecule has 1 aliphatic heterocycles. The van der Waals surface area contributed by atoms with Gasteiger partial charge in [0.25, 0.3) is 5.79 Å². The zero-order valence-corrected chi connectivity index (χ0v) is 11.9. The summed E-state index contributed by atoms with van der Waals surface area (Å²) in [5.74, 6) is -0.301. The zero-order valence-electron chi connectivity index (χ0n) is 11.9. The van der Waals surface area contributed by atoms with Gasteiger partial charge in [-0.25, -0.2) is 4.79 Å². The van der Waals surface area contributed by atoms with Crippen LogP contribution in [0.15, 0.2) is 36.4 Å². The molecule has 1 saturated carbocycles. The lowest BCUT2D eigenvalue weighted by Crippen LogP contribution is -2.44. The number of fused-ring (bicyclic) bond motifs is 3. The van der Waals surface area contributed by atoms with Gasteiger partial charge in [0.1, 0.15) is 11.3 Å². The van der Waals surface area contributed by atoms with Gasteiger partial charge in [-0.15, -0.1) is 0 Å². The average molecular weight is 282 g/mol. The molecule has 3 nitrogen and oxygen atoms in total. The maximum Gasteiger partial charge on any atom is 0.345 e. The van der Waals surface area contributed by atoms with Crippen LogP contribution < -0.4 is 4.74 Å². The van der Waals surface area contributed by atoms with E-state index in [-0.39, 0.29) is 5.97 Å². The van der Waals surface area contributed by atoms with Crippen LogP contribution >= 0.6 is 0 Å². The lowest BCUT2D eigenvalue weighted by atomic mass is 10.0. The first-order valence-electron chi connectivity index (χ1n) is 7.72. The second-order valence-electron chi connectivity index (χ2n) is 5.98. The van der Waals surface area contributed by atoms with Gasteiger partial charge in [-0.3, -0.25) is 0 Å². The Bertz CT molecular complexity index is 697. The van der Waals surface area contributed by atoms with E-state index in [1.54, 1.807) is 0 Å². The fourth-order valence-electron chi connectivity index (χ4n) is 3.46. The van der Waals surface area contributed by atoms with Gasteiger partial charge in [0, 0.05) is 12.8 Å². The number of carbonyl (C=O) groups is 1. The molecule has 21 heavy (non-hydrogen) atoms. The van der Waals surface area contributed by atoms with E-state index in [1.807, 2.05) is 36.4 Å². The third-order valence-corrected chi connectivity index (χ3v) is 4.53. The van der Waals surface area contributed by atoms with Crippen molar-refractivity contribution in [2.75, 3.05) is 0 Å². The minimum atomic E-state index is -0.733. The Balaban J connectivity index is 1.82. The summed E-state index contributed by atoms with van der Waals surface area (Å²) in [7, 11) is 0. The molecule has 2 aromatic rings. The van der Waals surface area contributed by atoms with E-state index in [2.05, 4.69) is 0 Å². The summed E-state index contributed by atoms with van der Waals surface area (Å²) in [6, 6.07) is 11.8. The highest BCUT2D eigenvalue weighted by molar-refractivity contribution is 6.07. The first-order valence-corrected chi connectivity index (χ1v) is 7.72. The molecule has 1 heterocycles. The summed E-state index contributed by atoms with van der Waals surface area (Å²) in [5.41, 5.74) is 0.572. The highest BCUT2D eigenvalue weighted by Crippen LogP contribution is 2.41. The van der Waals surface area contributed by atoms with E-state index in [0.29, 0.717) is 11.3 Å². The molecule has 1 spiro atoms. The first kappa shape index (κ1) is 12.7. The molecule has 0 amide bonds. The van der Waals surface area contributed by atoms with E-state index < -0.39 is 5.79 Å². The van der Waals surface area contributed by atoms with Crippen LogP contribution in [0.3, 0.4) is 0 Å². The van der Waals surface area contributed by atoms with Crippen LogP contribution in [0.2, 0.25) is 0 Å². The van der Waals surface area contributed by atoms with E-state index in [4.69, 9.17) is 9.47 Å². The van der Waals surface area contributed by atoms with E-state index in [9.17, 15) is 4.79 Å². The SMILES string of the molecule is O=C1OC2(CCCCCC2)Oc2ccc3ccccc3c21. The third-order valence-electron chi connectivity index (χ3n) is 4.53. The van der Waals surface area contributed by atoms with Gasteiger partial charge in [-0.05, 0) is 29.7 Å². The van der Waals surface area contributed by atoms with Crippen LogP contribution in [0.25, 0.3) is 10.8 Å². The van der Waals surface area contributed by atoms with Gasteiger partial charge in [0.15, 0.2) is 0 Å². The van der Waals surface area contributed by atoms with Crippen LogP contribution in [-0.4, -0.2) is 11.8 Å². The van der Waals surface area contributed by atoms with Gasteiger partial charge >= 0.3 is 5.97 Å². The predicted octanol–water partition coefficient (Wildman–Crippen LogP) is 4.44. The van der Waals surface area contributed by atoms with E-state index in [1.165, 1.54) is 12.8 Å². The fraction of sp³-hybridized carbons (Fsp3) is 0.389. The quantitative estimate of drug-likeness (QED) is 0.670. The summed E-state index contributed by atoms with van der Waals surface area (Å²) in [6.07, 6.45) is 6.07. The van der Waals surface area contributed by atoms with Gasteiger partial charge in [-0.1, -0.05) is 43.2 Å². The number of rotatable bonds is 0. The minimum absolute atomic E-state index is 0.241. The average Bonchev–Trinajstić information content (AvgIpc) is 2.72. The van der Waals surface area contributed by atoms with Crippen molar-refractivity contribution in [3.05, 3.63) is 42.0 Å². The Hall–Kier alpha value is -2.03. The Kier molecular flexibility index (Phi) is 2.88. The van der Waals surface area contributed by atoms with Gasteiger partial charge in [-0.2, -0.15) is 0 Å². The van der Waals surface area contributed by atoms with Crippen LogP contribution in [0.5, 0.6) is 5.75 Å². The highest BCUT2D eigenvalue weighted by Gasteiger charge is 2.42. The van der Waals surface area contributed by atoms with Crippen molar-refractivity contribution >= 4 is 16.7 Å². The Morgan fingerprint density at radius 1 is 0.857 bits per heavy atom. The zero-order chi connectivity index (χ0) is 14.3. The molecule has 1 fully saturated rings. The second kappa shape index (κ2) is 4.76. The predicted molar refractivity (Wildman–Crippen MR) is 80.4 cm³/mol. The summed E-state index contributed by atoms with van der Waals surface area (Å²) < 4.78 is 11.9. The van der Waals surface area contributed by atoms with Crippen molar-refractivity contribution in [1.29, 1.82) is 0 Å². The monoisotopic (exact) mass is 282 g/mol. The molecule has 2 aromatic carbocycles. The Labute approximate surface area is 123 Å². The molecule has 0 bridgehead atoms. The molecule has 4 rings (SSSR count). The maximum atomic E-state index is 12.6. The first-order chi connectivity index (χ1) is 10.3. The van der Waals surface area contributed by atoms with Crippen molar-refractivity contribution in [2.45, 2.75) is 44.3 Å². The molecule has 3 heteroatoms. The molecule has 2 aliphatic rings. The molecule has 0 unspecified atom stereocenters. The number of ether oxygens (including phenoxy) is 2. The lowest BCUT2D eigenvalue weighted by molar-refractivity contribution is -0.161. The fourth-order valence-corrected chi connectivity index (χ4v) is 3.46. The highest BCUT2D eigenvalue weighted by atomic mass is 16.7. The summed E-state index contributed by atoms with van der Waals surface area (Å²) >= 11 is 0. The molecule has 0 atom stereocenters. The van der Waals surface area contributed by atoms with Gasteiger partial charge < -0.3 is 9.47 Å². The number of benzene rings is 2. The van der Waals surface area contributed by atoms with Crippen molar-refractivity contribution in [3.63, 3.8) is 0 Å². The molecule has 0 saturated heterocycles. The van der Waals surface area contributed by atoms with Gasteiger partial charge in [0.05, 0.1) is 0 Å².